The van der Waals surface area contributed by atoms with Crippen LogP contribution in [0.1, 0.15) is 19.3 Å². The van der Waals surface area contributed by atoms with Gasteiger partial charge in [0.15, 0.2) is 16.6 Å². The predicted octanol–water partition coefficient (Wildman–Crippen LogP) is 2.30. The lowest BCUT2D eigenvalue weighted by atomic mass is 10.3. The summed E-state index contributed by atoms with van der Waals surface area (Å²) >= 11 is 5.24. The topological polar surface area (TPSA) is 42.5 Å². The van der Waals surface area contributed by atoms with Gasteiger partial charge in [-0.2, -0.15) is 0 Å². The number of ether oxygens (including phenoxy) is 2. The predicted molar refractivity (Wildman–Crippen MR) is 74.4 cm³/mol. The summed E-state index contributed by atoms with van der Waals surface area (Å²) in [7, 11) is 0. The molecule has 5 heteroatoms. The highest BCUT2D eigenvalue weighted by Gasteiger charge is 2.21. The van der Waals surface area contributed by atoms with E-state index in [1.807, 2.05) is 18.2 Å². The van der Waals surface area contributed by atoms with E-state index in [0.717, 1.165) is 23.6 Å². The monoisotopic (exact) mass is 264 g/mol. The molecule has 2 N–H and O–H groups in total. The molecule has 1 aromatic carbocycles. The van der Waals surface area contributed by atoms with Crippen LogP contribution in [0.5, 0.6) is 11.5 Å². The molecule has 0 radical (unpaired) electrons. The van der Waals surface area contributed by atoms with E-state index < -0.39 is 0 Å². The van der Waals surface area contributed by atoms with Gasteiger partial charge in [0.2, 0.25) is 0 Å². The van der Waals surface area contributed by atoms with Gasteiger partial charge in [0.25, 0.3) is 0 Å². The minimum absolute atomic E-state index is 0.561. The summed E-state index contributed by atoms with van der Waals surface area (Å²) in [6, 6.07) is 6.36. The molecule has 3 rings (SSSR count). The van der Waals surface area contributed by atoms with E-state index in [4.69, 9.17) is 21.7 Å². The third-order valence-corrected chi connectivity index (χ3v) is 3.14. The fourth-order valence-corrected chi connectivity index (χ4v) is 2.11. The number of hydrogen-bond acceptors (Lipinski definition) is 3. The van der Waals surface area contributed by atoms with E-state index in [1.165, 1.54) is 12.8 Å². The summed E-state index contributed by atoms with van der Waals surface area (Å²) in [6.07, 6.45) is 3.34. The lowest BCUT2D eigenvalue weighted by molar-refractivity contribution is 0.297. The van der Waals surface area contributed by atoms with Crippen LogP contribution in [0.3, 0.4) is 0 Å². The van der Waals surface area contributed by atoms with E-state index in [-0.39, 0.29) is 0 Å². The van der Waals surface area contributed by atoms with E-state index in [2.05, 4.69) is 10.6 Å². The third kappa shape index (κ3) is 2.85. The quantitative estimate of drug-likeness (QED) is 0.802. The third-order valence-electron chi connectivity index (χ3n) is 2.92. The Morgan fingerprint density at radius 3 is 2.72 bits per heavy atom. The molecule has 1 saturated carbocycles. The van der Waals surface area contributed by atoms with E-state index in [1.54, 1.807) is 0 Å². The molecule has 1 aliphatic carbocycles. The van der Waals surface area contributed by atoms with Crippen LogP contribution in [0.4, 0.5) is 5.69 Å². The molecular weight excluding hydrogens is 248 g/mol. The number of benzene rings is 1. The van der Waals surface area contributed by atoms with Crippen molar-refractivity contribution >= 4 is 23.0 Å². The van der Waals surface area contributed by atoms with Crippen molar-refractivity contribution in [2.75, 3.05) is 18.5 Å². The Balaban J connectivity index is 1.68. The van der Waals surface area contributed by atoms with Crippen LogP contribution in [0.2, 0.25) is 0 Å². The van der Waals surface area contributed by atoms with Crippen LogP contribution < -0.4 is 20.1 Å². The SMILES string of the molecule is S=C(Nc1ccc2c(c1)OCCCO2)NC1CC1. The first-order valence-corrected chi connectivity index (χ1v) is 6.69. The molecule has 0 bridgehead atoms. The van der Waals surface area contributed by atoms with Crippen LogP contribution in [0, 0.1) is 0 Å². The number of rotatable bonds is 2. The number of fused-ring (bicyclic) bond motifs is 1. The van der Waals surface area contributed by atoms with Gasteiger partial charge < -0.3 is 20.1 Å². The molecule has 0 aromatic heterocycles. The van der Waals surface area contributed by atoms with Crippen molar-refractivity contribution < 1.29 is 9.47 Å². The maximum absolute atomic E-state index is 5.64. The van der Waals surface area contributed by atoms with Gasteiger partial charge in [-0.15, -0.1) is 0 Å². The lowest BCUT2D eigenvalue weighted by Gasteiger charge is -2.12. The van der Waals surface area contributed by atoms with Crippen molar-refractivity contribution in [2.45, 2.75) is 25.3 Å². The van der Waals surface area contributed by atoms with Gasteiger partial charge in [0, 0.05) is 24.2 Å². The molecule has 1 heterocycles. The Labute approximate surface area is 112 Å². The van der Waals surface area contributed by atoms with Crippen LogP contribution in [-0.4, -0.2) is 24.4 Å². The molecule has 0 unspecified atom stereocenters. The maximum Gasteiger partial charge on any atom is 0.170 e. The van der Waals surface area contributed by atoms with E-state index in [0.29, 0.717) is 24.4 Å². The molecule has 0 spiro atoms. The van der Waals surface area contributed by atoms with Crippen LogP contribution in [0.15, 0.2) is 18.2 Å². The van der Waals surface area contributed by atoms with Crippen LogP contribution in [0.25, 0.3) is 0 Å². The lowest BCUT2D eigenvalue weighted by Crippen LogP contribution is -2.30. The number of nitrogens with one attached hydrogen (secondary N) is 2. The molecule has 96 valence electrons. The molecule has 1 fully saturated rings. The highest BCUT2D eigenvalue weighted by Crippen LogP contribution is 2.32. The van der Waals surface area contributed by atoms with Crippen LogP contribution >= 0.6 is 12.2 Å². The number of thiocarbonyl (C=S) groups is 1. The average molecular weight is 264 g/mol. The molecular formula is C13H16N2O2S. The Bertz CT molecular complexity index is 460. The van der Waals surface area contributed by atoms with Crippen molar-refractivity contribution in [3.8, 4) is 11.5 Å². The van der Waals surface area contributed by atoms with Gasteiger partial charge in [0.05, 0.1) is 13.2 Å². The zero-order valence-electron chi connectivity index (χ0n) is 10.1. The smallest absolute Gasteiger partial charge is 0.170 e. The van der Waals surface area contributed by atoms with Gasteiger partial charge in [-0.1, -0.05) is 0 Å². The zero-order valence-corrected chi connectivity index (χ0v) is 10.9. The second-order valence-electron chi connectivity index (χ2n) is 4.58. The number of anilines is 1. The first kappa shape index (κ1) is 11.6. The summed E-state index contributed by atoms with van der Waals surface area (Å²) in [5, 5.41) is 7.08. The van der Waals surface area contributed by atoms with E-state index in [9.17, 15) is 0 Å². The fraction of sp³-hybridized carbons (Fsp3) is 0.462. The molecule has 1 aromatic rings. The molecule has 0 atom stereocenters. The summed E-state index contributed by atoms with van der Waals surface area (Å²) in [4.78, 5) is 0. The van der Waals surface area contributed by atoms with Gasteiger partial charge in [-0.05, 0) is 37.2 Å². The molecule has 4 nitrogen and oxygen atoms in total. The Morgan fingerprint density at radius 2 is 1.94 bits per heavy atom. The summed E-state index contributed by atoms with van der Waals surface area (Å²) in [6.45, 7) is 1.41. The number of hydrogen-bond donors (Lipinski definition) is 2. The Morgan fingerprint density at radius 1 is 1.17 bits per heavy atom. The minimum Gasteiger partial charge on any atom is -0.490 e. The Hall–Kier alpha value is -1.49. The molecule has 18 heavy (non-hydrogen) atoms. The second kappa shape index (κ2) is 5.02. The minimum atomic E-state index is 0.561. The summed E-state index contributed by atoms with van der Waals surface area (Å²) < 4.78 is 11.2. The van der Waals surface area contributed by atoms with Gasteiger partial charge in [-0.25, -0.2) is 0 Å². The maximum atomic E-state index is 5.64. The van der Waals surface area contributed by atoms with Crippen molar-refractivity contribution in [1.82, 2.24) is 5.32 Å². The van der Waals surface area contributed by atoms with Gasteiger partial charge in [0.1, 0.15) is 0 Å². The largest absolute Gasteiger partial charge is 0.490 e. The standard InChI is InChI=1S/C13H16N2O2S/c18-13(14-9-2-3-9)15-10-4-5-11-12(8-10)17-7-1-6-16-11/h4-5,8-9H,1-3,6-7H2,(H2,14,15,18). The highest BCUT2D eigenvalue weighted by atomic mass is 32.1. The van der Waals surface area contributed by atoms with E-state index >= 15 is 0 Å². The first-order valence-electron chi connectivity index (χ1n) is 6.28. The molecule has 2 aliphatic rings. The molecule has 1 aliphatic heterocycles. The fourth-order valence-electron chi connectivity index (χ4n) is 1.82. The van der Waals surface area contributed by atoms with Crippen LogP contribution in [-0.2, 0) is 0 Å². The molecule has 0 amide bonds. The average Bonchev–Trinajstić information content (AvgIpc) is 3.15. The van der Waals surface area contributed by atoms with Crippen molar-refractivity contribution in [3.05, 3.63) is 18.2 Å². The van der Waals surface area contributed by atoms with Gasteiger partial charge >= 0.3 is 0 Å². The Kier molecular flexibility index (Phi) is 3.23. The normalized spacial score (nSPS) is 17.8. The zero-order chi connectivity index (χ0) is 12.4. The second-order valence-corrected chi connectivity index (χ2v) is 4.99. The first-order chi connectivity index (χ1) is 8.81. The highest BCUT2D eigenvalue weighted by molar-refractivity contribution is 7.80. The van der Waals surface area contributed by atoms with Gasteiger partial charge in [-0.3, -0.25) is 0 Å². The molecule has 0 saturated heterocycles. The van der Waals surface area contributed by atoms with Crippen molar-refractivity contribution in [3.63, 3.8) is 0 Å². The van der Waals surface area contributed by atoms with Crippen molar-refractivity contribution in [2.24, 2.45) is 0 Å². The summed E-state index contributed by atoms with van der Waals surface area (Å²) in [5.41, 5.74) is 0.928. The van der Waals surface area contributed by atoms with Crippen molar-refractivity contribution in [1.29, 1.82) is 0 Å². The summed E-state index contributed by atoms with van der Waals surface area (Å²) in [5.74, 6) is 1.59.